The van der Waals surface area contributed by atoms with Gasteiger partial charge >= 0.3 is 0 Å². The molecule has 1 N–H and O–H groups in total. The van der Waals surface area contributed by atoms with Crippen LogP contribution in [0.2, 0.25) is 0 Å². The SMILES string of the molecule is CNc1nccc(-c2cc(C(C)(C)C)ccc2C)n1. The van der Waals surface area contributed by atoms with Crippen molar-refractivity contribution in [3.8, 4) is 11.3 Å². The minimum atomic E-state index is 0.140. The number of benzene rings is 1. The average molecular weight is 255 g/mol. The zero-order valence-electron chi connectivity index (χ0n) is 12.3. The highest BCUT2D eigenvalue weighted by molar-refractivity contribution is 5.65. The van der Waals surface area contributed by atoms with Gasteiger partial charge in [0.15, 0.2) is 0 Å². The van der Waals surface area contributed by atoms with E-state index < -0.39 is 0 Å². The Labute approximate surface area is 115 Å². The molecule has 2 aromatic rings. The molecule has 3 nitrogen and oxygen atoms in total. The Kier molecular flexibility index (Phi) is 3.56. The lowest BCUT2D eigenvalue weighted by Gasteiger charge is -2.20. The third-order valence-corrected chi connectivity index (χ3v) is 3.26. The summed E-state index contributed by atoms with van der Waals surface area (Å²) in [4.78, 5) is 8.69. The Bertz CT molecular complexity index is 583. The van der Waals surface area contributed by atoms with E-state index in [0.29, 0.717) is 5.95 Å². The maximum Gasteiger partial charge on any atom is 0.222 e. The van der Waals surface area contributed by atoms with Gasteiger partial charge in [-0.1, -0.05) is 32.9 Å². The second-order valence-electron chi connectivity index (χ2n) is 5.80. The van der Waals surface area contributed by atoms with Crippen LogP contribution in [0, 0.1) is 6.92 Å². The molecule has 0 saturated heterocycles. The van der Waals surface area contributed by atoms with Gasteiger partial charge in [0.1, 0.15) is 0 Å². The van der Waals surface area contributed by atoms with Crippen molar-refractivity contribution in [3.05, 3.63) is 41.6 Å². The fourth-order valence-electron chi connectivity index (χ4n) is 1.99. The first-order valence-electron chi connectivity index (χ1n) is 6.54. The molecule has 1 heterocycles. The molecule has 2 rings (SSSR count). The maximum absolute atomic E-state index is 4.52. The van der Waals surface area contributed by atoms with Crippen LogP contribution >= 0.6 is 0 Å². The molecule has 0 spiro atoms. The minimum Gasteiger partial charge on any atom is -0.357 e. The van der Waals surface area contributed by atoms with Crippen molar-refractivity contribution in [1.82, 2.24) is 9.97 Å². The molecule has 0 atom stereocenters. The molecule has 0 fully saturated rings. The molecule has 3 heteroatoms. The number of nitrogens with zero attached hydrogens (tertiary/aromatic N) is 2. The molecule has 0 saturated carbocycles. The van der Waals surface area contributed by atoms with E-state index in [0.717, 1.165) is 5.69 Å². The van der Waals surface area contributed by atoms with Gasteiger partial charge in [0.25, 0.3) is 0 Å². The smallest absolute Gasteiger partial charge is 0.222 e. The summed E-state index contributed by atoms with van der Waals surface area (Å²) in [6, 6.07) is 8.54. The van der Waals surface area contributed by atoms with Crippen LogP contribution in [0.15, 0.2) is 30.5 Å². The molecule has 19 heavy (non-hydrogen) atoms. The summed E-state index contributed by atoms with van der Waals surface area (Å²) in [5, 5.41) is 2.98. The Balaban J connectivity index is 2.54. The summed E-state index contributed by atoms with van der Waals surface area (Å²) in [7, 11) is 1.83. The first kappa shape index (κ1) is 13.5. The van der Waals surface area contributed by atoms with Crippen molar-refractivity contribution in [2.45, 2.75) is 33.1 Å². The van der Waals surface area contributed by atoms with Gasteiger partial charge < -0.3 is 5.32 Å². The van der Waals surface area contributed by atoms with E-state index in [2.05, 4.69) is 61.2 Å². The third kappa shape index (κ3) is 2.92. The first-order valence-corrected chi connectivity index (χ1v) is 6.54. The average Bonchev–Trinajstić information content (AvgIpc) is 2.38. The molecule has 0 aliphatic rings. The van der Waals surface area contributed by atoms with Crippen molar-refractivity contribution in [1.29, 1.82) is 0 Å². The Hall–Kier alpha value is -1.90. The van der Waals surface area contributed by atoms with Crippen LogP contribution in [0.25, 0.3) is 11.3 Å². The number of hydrogen-bond acceptors (Lipinski definition) is 3. The summed E-state index contributed by atoms with van der Waals surface area (Å²) in [6.45, 7) is 8.78. The van der Waals surface area contributed by atoms with Gasteiger partial charge in [0.2, 0.25) is 5.95 Å². The Morgan fingerprint density at radius 2 is 1.84 bits per heavy atom. The van der Waals surface area contributed by atoms with E-state index >= 15 is 0 Å². The van der Waals surface area contributed by atoms with Crippen molar-refractivity contribution >= 4 is 5.95 Å². The number of aryl methyl sites for hydroxylation is 1. The Morgan fingerprint density at radius 1 is 1.11 bits per heavy atom. The van der Waals surface area contributed by atoms with Gasteiger partial charge in [0, 0.05) is 18.8 Å². The second kappa shape index (κ2) is 5.00. The van der Waals surface area contributed by atoms with Gasteiger partial charge in [-0.15, -0.1) is 0 Å². The molecule has 0 amide bonds. The van der Waals surface area contributed by atoms with Crippen LogP contribution in [-0.2, 0) is 5.41 Å². The summed E-state index contributed by atoms with van der Waals surface area (Å²) in [5.74, 6) is 0.651. The van der Waals surface area contributed by atoms with Gasteiger partial charge in [-0.2, -0.15) is 0 Å². The number of anilines is 1. The van der Waals surface area contributed by atoms with Gasteiger partial charge in [0.05, 0.1) is 5.69 Å². The Morgan fingerprint density at radius 3 is 2.47 bits per heavy atom. The topological polar surface area (TPSA) is 37.8 Å². The molecule has 1 aromatic heterocycles. The largest absolute Gasteiger partial charge is 0.357 e. The third-order valence-electron chi connectivity index (χ3n) is 3.26. The van der Waals surface area contributed by atoms with Gasteiger partial charge in [-0.3, -0.25) is 0 Å². The molecule has 100 valence electrons. The van der Waals surface area contributed by atoms with Crippen molar-refractivity contribution in [2.75, 3.05) is 12.4 Å². The normalized spacial score (nSPS) is 11.4. The lowest BCUT2D eigenvalue weighted by atomic mass is 9.85. The highest BCUT2D eigenvalue weighted by atomic mass is 15.1. The highest BCUT2D eigenvalue weighted by Crippen LogP contribution is 2.29. The van der Waals surface area contributed by atoms with Gasteiger partial charge in [-0.05, 0) is 35.6 Å². The van der Waals surface area contributed by atoms with Crippen molar-refractivity contribution in [3.63, 3.8) is 0 Å². The van der Waals surface area contributed by atoms with E-state index in [9.17, 15) is 0 Å². The van der Waals surface area contributed by atoms with Gasteiger partial charge in [-0.25, -0.2) is 9.97 Å². The molecule has 0 aliphatic heterocycles. The van der Waals surface area contributed by atoms with E-state index in [1.807, 2.05) is 13.1 Å². The van der Waals surface area contributed by atoms with Crippen LogP contribution in [0.5, 0.6) is 0 Å². The number of hydrogen-bond donors (Lipinski definition) is 1. The lowest BCUT2D eigenvalue weighted by Crippen LogP contribution is -2.11. The zero-order chi connectivity index (χ0) is 14.0. The summed E-state index contributed by atoms with van der Waals surface area (Å²) in [5.41, 5.74) is 4.82. The quantitative estimate of drug-likeness (QED) is 0.887. The van der Waals surface area contributed by atoms with Crippen LogP contribution in [-0.4, -0.2) is 17.0 Å². The lowest BCUT2D eigenvalue weighted by molar-refractivity contribution is 0.590. The van der Waals surface area contributed by atoms with E-state index in [1.165, 1.54) is 16.7 Å². The molecular weight excluding hydrogens is 234 g/mol. The van der Waals surface area contributed by atoms with Crippen molar-refractivity contribution < 1.29 is 0 Å². The van der Waals surface area contributed by atoms with Crippen LogP contribution < -0.4 is 5.32 Å². The van der Waals surface area contributed by atoms with Crippen LogP contribution in [0.4, 0.5) is 5.95 Å². The molecule has 0 bridgehead atoms. The van der Waals surface area contributed by atoms with E-state index in [-0.39, 0.29) is 5.41 Å². The summed E-state index contributed by atoms with van der Waals surface area (Å²) < 4.78 is 0. The maximum atomic E-state index is 4.52. The van der Waals surface area contributed by atoms with Crippen LogP contribution in [0.1, 0.15) is 31.9 Å². The highest BCUT2D eigenvalue weighted by Gasteiger charge is 2.15. The first-order chi connectivity index (χ1) is 8.91. The summed E-state index contributed by atoms with van der Waals surface area (Å²) >= 11 is 0. The van der Waals surface area contributed by atoms with E-state index in [4.69, 9.17) is 0 Å². The number of rotatable bonds is 2. The van der Waals surface area contributed by atoms with Crippen molar-refractivity contribution in [2.24, 2.45) is 0 Å². The molecule has 0 unspecified atom stereocenters. The fourth-order valence-corrected chi connectivity index (χ4v) is 1.99. The summed E-state index contributed by atoms with van der Waals surface area (Å²) in [6.07, 6.45) is 1.79. The zero-order valence-corrected chi connectivity index (χ0v) is 12.3. The molecule has 1 aromatic carbocycles. The standard InChI is InChI=1S/C16H21N3/c1-11-6-7-12(16(2,3)4)10-13(11)14-8-9-18-15(17-5)19-14/h6-10H,1-5H3,(H,17,18,19). The molecule has 0 aliphatic carbocycles. The minimum absolute atomic E-state index is 0.140. The number of nitrogens with one attached hydrogen (secondary N) is 1. The van der Waals surface area contributed by atoms with Crippen LogP contribution in [0.3, 0.4) is 0 Å². The van der Waals surface area contributed by atoms with E-state index in [1.54, 1.807) is 6.20 Å². The predicted octanol–water partition coefficient (Wildman–Crippen LogP) is 3.79. The molecule has 0 radical (unpaired) electrons. The molecular formula is C16H21N3. The predicted molar refractivity (Wildman–Crippen MR) is 80.5 cm³/mol. The number of aromatic nitrogens is 2. The fraction of sp³-hybridized carbons (Fsp3) is 0.375. The second-order valence-corrected chi connectivity index (χ2v) is 5.80. The monoisotopic (exact) mass is 255 g/mol.